The molecule has 0 aliphatic rings. The Hall–Kier alpha value is -0.750. The highest BCUT2D eigenvalue weighted by Gasteiger charge is 2.16. The average molecular weight is 267 g/mol. The molecule has 0 fully saturated rings. The summed E-state index contributed by atoms with van der Waals surface area (Å²) < 4.78 is 24.9. The van der Waals surface area contributed by atoms with Gasteiger partial charge in [0.25, 0.3) is 6.43 Å². The van der Waals surface area contributed by atoms with Crippen LogP contribution in [0.15, 0.2) is 6.07 Å². The molecule has 1 rings (SSSR count). The van der Waals surface area contributed by atoms with Crippen LogP contribution in [0, 0.1) is 0 Å². The zero-order chi connectivity index (χ0) is 10.7. The Labute approximate surface area is 88.1 Å². The predicted octanol–water partition coefficient (Wildman–Crippen LogP) is 1.99. The van der Waals surface area contributed by atoms with Crippen LogP contribution < -0.4 is 5.73 Å². The van der Waals surface area contributed by atoms with Crippen molar-refractivity contribution in [3.8, 4) is 0 Å². The van der Waals surface area contributed by atoms with Gasteiger partial charge in [0.15, 0.2) is 0 Å². The van der Waals surface area contributed by atoms with Gasteiger partial charge in [-0.15, -0.1) is 0 Å². The summed E-state index contributed by atoms with van der Waals surface area (Å²) in [4.78, 5) is 3.55. The van der Waals surface area contributed by atoms with Gasteiger partial charge in [0.1, 0.15) is 11.5 Å². The Bertz CT molecular complexity index is 333. The van der Waals surface area contributed by atoms with E-state index in [0.29, 0.717) is 11.1 Å². The number of nitrogens with two attached hydrogens (primary N) is 1. The lowest BCUT2D eigenvalue weighted by Gasteiger charge is -2.09. The topological polar surface area (TPSA) is 59.1 Å². The number of hydrogen-bond donors (Lipinski definition) is 2. The molecule has 1 aromatic rings. The maximum absolute atomic E-state index is 12.4. The van der Waals surface area contributed by atoms with E-state index in [-0.39, 0.29) is 23.4 Å². The van der Waals surface area contributed by atoms with E-state index in [1.165, 1.54) is 6.07 Å². The third-order valence-corrected chi connectivity index (χ3v) is 2.37. The minimum Gasteiger partial charge on any atom is -0.392 e. The van der Waals surface area contributed by atoms with Crippen LogP contribution in [-0.2, 0) is 11.9 Å². The van der Waals surface area contributed by atoms with E-state index in [2.05, 4.69) is 20.9 Å². The van der Waals surface area contributed by atoms with Gasteiger partial charge < -0.3 is 10.8 Å². The molecule has 0 aliphatic carbocycles. The standard InChI is InChI=1S/C8H9BrF2N2O/c9-2-4-1-5(3-14)8(12)13-6(4)7(10)11/h1,7,14H,2-3H2,(H2,12,13). The third-order valence-electron chi connectivity index (χ3n) is 1.77. The summed E-state index contributed by atoms with van der Waals surface area (Å²) in [6.45, 7) is -0.303. The van der Waals surface area contributed by atoms with Crippen LogP contribution in [0.3, 0.4) is 0 Å². The molecule has 0 spiro atoms. The highest BCUT2D eigenvalue weighted by molar-refractivity contribution is 9.08. The largest absolute Gasteiger partial charge is 0.392 e. The Kier molecular flexibility index (Phi) is 3.77. The number of halogens is 3. The lowest BCUT2D eigenvalue weighted by atomic mass is 10.1. The van der Waals surface area contributed by atoms with Crippen LogP contribution >= 0.6 is 15.9 Å². The molecule has 0 unspecified atom stereocenters. The number of rotatable bonds is 3. The Morgan fingerprint density at radius 1 is 1.50 bits per heavy atom. The Morgan fingerprint density at radius 2 is 2.14 bits per heavy atom. The number of hydrogen-bond acceptors (Lipinski definition) is 3. The van der Waals surface area contributed by atoms with Crippen molar-refractivity contribution in [1.29, 1.82) is 0 Å². The zero-order valence-corrected chi connectivity index (χ0v) is 8.76. The molecule has 0 saturated carbocycles. The minimum absolute atomic E-state index is 0.0486. The van der Waals surface area contributed by atoms with E-state index in [9.17, 15) is 8.78 Å². The molecule has 0 saturated heterocycles. The van der Waals surface area contributed by atoms with E-state index in [1.807, 2.05) is 0 Å². The molecule has 0 atom stereocenters. The number of anilines is 1. The van der Waals surface area contributed by atoms with E-state index < -0.39 is 6.43 Å². The molecule has 0 aromatic carbocycles. The number of aliphatic hydroxyl groups is 1. The second-order valence-corrected chi connectivity index (χ2v) is 3.23. The van der Waals surface area contributed by atoms with Crippen molar-refractivity contribution in [2.75, 3.05) is 5.73 Å². The normalized spacial score (nSPS) is 10.9. The molecule has 0 radical (unpaired) electrons. The van der Waals surface area contributed by atoms with Crippen molar-refractivity contribution in [2.24, 2.45) is 0 Å². The number of nitrogens with zero attached hydrogens (tertiary/aromatic N) is 1. The van der Waals surface area contributed by atoms with Crippen LogP contribution in [0.5, 0.6) is 0 Å². The molecule has 3 N–H and O–H groups in total. The van der Waals surface area contributed by atoms with Gasteiger partial charge in [-0.2, -0.15) is 0 Å². The lowest BCUT2D eigenvalue weighted by molar-refractivity contribution is 0.145. The molecule has 3 nitrogen and oxygen atoms in total. The van der Waals surface area contributed by atoms with Crippen LogP contribution in [0.2, 0.25) is 0 Å². The summed E-state index contributed by atoms with van der Waals surface area (Å²) in [6.07, 6.45) is -2.66. The van der Waals surface area contributed by atoms with Gasteiger partial charge >= 0.3 is 0 Å². The van der Waals surface area contributed by atoms with Crippen LogP contribution in [-0.4, -0.2) is 10.1 Å². The van der Waals surface area contributed by atoms with Crippen LogP contribution in [0.4, 0.5) is 14.6 Å². The first kappa shape index (κ1) is 11.3. The van der Waals surface area contributed by atoms with Crippen LogP contribution in [0.25, 0.3) is 0 Å². The monoisotopic (exact) mass is 266 g/mol. The fraction of sp³-hybridized carbons (Fsp3) is 0.375. The molecule has 6 heteroatoms. The number of alkyl halides is 3. The van der Waals surface area contributed by atoms with Gasteiger partial charge in [0, 0.05) is 10.9 Å². The molecule has 0 amide bonds. The molecule has 0 bridgehead atoms. The summed E-state index contributed by atoms with van der Waals surface area (Å²) in [7, 11) is 0. The SMILES string of the molecule is Nc1nc(C(F)F)c(CBr)cc1CO. The number of pyridine rings is 1. The van der Waals surface area contributed by atoms with E-state index in [0.717, 1.165) is 0 Å². The third kappa shape index (κ3) is 2.19. The van der Waals surface area contributed by atoms with Crippen molar-refractivity contribution >= 4 is 21.7 Å². The van der Waals surface area contributed by atoms with Crippen LogP contribution in [0.1, 0.15) is 23.2 Å². The van der Waals surface area contributed by atoms with Gasteiger partial charge in [-0.3, -0.25) is 0 Å². The van der Waals surface area contributed by atoms with Crippen molar-refractivity contribution in [3.63, 3.8) is 0 Å². The van der Waals surface area contributed by atoms with Gasteiger partial charge in [-0.1, -0.05) is 15.9 Å². The fourth-order valence-electron chi connectivity index (χ4n) is 1.05. The smallest absolute Gasteiger partial charge is 0.280 e. The predicted molar refractivity (Wildman–Crippen MR) is 52.2 cm³/mol. The number of aliphatic hydroxyl groups excluding tert-OH is 1. The summed E-state index contributed by atoms with van der Waals surface area (Å²) in [5.41, 5.74) is 5.75. The van der Waals surface area contributed by atoms with Crippen molar-refractivity contribution in [1.82, 2.24) is 4.98 Å². The van der Waals surface area contributed by atoms with Gasteiger partial charge in [-0.05, 0) is 11.6 Å². The first-order valence-electron chi connectivity index (χ1n) is 3.83. The summed E-state index contributed by atoms with van der Waals surface area (Å²) in [5, 5.41) is 9.10. The Morgan fingerprint density at radius 3 is 2.57 bits per heavy atom. The lowest BCUT2D eigenvalue weighted by Crippen LogP contribution is -2.05. The maximum atomic E-state index is 12.4. The number of nitrogen functional groups attached to an aromatic ring is 1. The van der Waals surface area contributed by atoms with E-state index in [1.54, 1.807) is 0 Å². The van der Waals surface area contributed by atoms with E-state index in [4.69, 9.17) is 10.8 Å². The zero-order valence-electron chi connectivity index (χ0n) is 7.17. The highest BCUT2D eigenvalue weighted by Crippen LogP contribution is 2.25. The van der Waals surface area contributed by atoms with Crippen molar-refractivity contribution in [3.05, 3.63) is 22.9 Å². The van der Waals surface area contributed by atoms with Gasteiger partial charge in [0.05, 0.1) is 6.61 Å². The number of aromatic nitrogens is 1. The summed E-state index contributed by atoms with van der Waals surface area (Å²) in [5.74, 6) is -0.0486. The van der Waals surface area contributed by atoms with Gasteiger partial charge in [-0.25, -0.2) is 13.8 Å². The molecule has 14 heavy (non-hydrogen) atoms. The molecular formula is C8H9BrF2N2O. The molecule has 1 heterocycles. The van der Waals surface area contributed by atoms with E-state index >= 15 is 0 Å². The quantitative estimate of drug-likeness (QED) is 0.823. The van der Waals surface area contributed by atoms with Crippen molar-refractivity contribution in [2.45, 2.75) is 18.4 Å². The highest BCUT2D eigenvalue weighted by atomic mass is 79.9. The molecular weight excluding hydrogens is 258 g/mol. The minimum atomic E-state index is -2.66. The second-order valence-electron chi connectivity index (χ2n) is 2.67. The fourth-order valence-corrected chi connectivity index (χ4v) is 1.50. The molecule has 0 aliphatic heterocycles. The Balaban J connectivity index is 3.24. The first-order chi connectivity index (χ1) is 6.60. The van der Waals surface area contributed by atoms with Crippen molar-refractivity contribution < 1.29 is 13.9 Å². The maximum Gasteiger partial charge on any atom is 0.280 e. The van der Waals surface area contributed by atoms with Gasteiger partial charge in [0.2, 0.25) is 0 Å². The molecule has 78 valence electrons. The first-order valence-corrected chi connectivity index (χ1v) is 4.95. The average Bonchev–Trinajstić information content (AvgIpc) is 2.17. The summed E-state index contributed by atoms with van der Waals surface area (Å²) in [6, 6.07) is 1.43. The molecule has 1 aromatic heterocycles. The summed E-state index contributed by atoms with van der Waals surface area (Å²) >= 11 is 3.07. The second kappa shape index (κ2) is 4.65.